The molecule has 0 radical (unpaired) electrons. The summed E-state index contributed by atoms with van der Waals surface area (Å²) in [4.78, 5) is 10.8. The van der Waals surface area contributed by atoms with Gasteiger partial charge < -0.3 is 15.3 Å². The molecule has 3 N–H and O–H groups in total. The van der Waals surface area contributed by atoms with E-state index in [-0.39, 0.29) is 18.2 Å². The van der Waals surface area contributed by atoms with E-state index in [1.807, 2.05) is 0 Å². The smallest absolute Gasteiger partial charge is 0.305 e. The van der Waals surface area contributed by atoms with Crippen LogP contribution in [0.25, 0.3) is 11.8 Å². The van der Waals surface area contributed by atoms with Crippen molar-refractivity contribution in [2.75, 3.05) is 0 Å². The minimum Gasteiger partial charge on any atom is -0.481 e. The maximum Gasteiger partial charge on any atom is 0.305 e. The Morgan fingerprint density at radius 2 is 1.89 bits per heavy atom. The second-order valence-electron chi connectivity index (χ2n) is 9.33. The lowest BCUT2D eigenvalue weighted by molar-refractivity contribution is -0.139. The molecule has 1 unspecified atom stereocenters. The highest BCUT2D eigenvalue weighted by molar-refractivity contribution is 5.67. The molecule has 3 atom stereocenters. The average molecular weight is 479 g/mol. The number of halogens is 1. The molecule has 1 aromatic heterocycles. The molecule has 0 bridgehead atoms. The van der Waals surface area contributed by atoms with Crippen LogP contribution in [0, 0.1) is 12.7 Å². The van der Waals surface area contributed by atoms with Gasteiger partial charge in [0, 0.05) is 17.9 Å². The third-order valence-electron chi connectivity index (χ3n) is 6.49. The average Bonchev–Trinajstić information content (AvgIpc) is 3.18. The van der Waals surface area contributed by atoms with Gasteiger partial charge in [-0.25, -0.2) is 9.07 Å². The molecule has 0 saturated heterocycles. The second kappa shape index (κ2) is 11.0. The molecule has 1 heterocycles. The number of aliphatic hydroxyl groups excluding tert-OH is 2. The molecule has 3 aromatic rings. The van der Waals surface area contributed by atoms with Crippen LogP contribution in [0.2, 0.25) is 0 Å². The normalized spacial score (nSPS) is 17.3. The predicted octanol–water partition coefficient (Wildman–Crippen LogP) is 4.58. The SMILES string of the molecule is Cc1ccc(CC2CCCc3c2nn(-c2ccc(F)cc2)c3/C=C/[C@@H](O)C[C@@H](O)CC(=O)O)cc1. The number of aliphatic carboxylic acids is 1. The zero-order valence-electron chi connectivity index (χ0n) is 19.8. The first-order valence-electron chi connectivity index (χ1n) is 12.0. The molecule has 4 rings (SSSR count). The van der Waals surface area contributed by atoms with Gasteiger partial charge in [0.2, 0.25) is 0 Å². The molecule has 184 valence electrons. The molecule has 7 heteroatoms. The summed E-state index contributed by atoms with van der Waals surface area (Å²) in [6.45, 7) is 2.07. The van der Waals surface area contributed by atoms with Crippen LogP contribution in [0.15, 0.2) is 54.6 Å². The van der Waals surface area contributed by atoms with Crippen molar-refractivity contribution >= 4 is 12.0 Å². The van der Waals surface area contributed by atoms with Gasteiger partial charge in [-0.2, -0.15) is 5.10 Å². The summed E-state index contributed by atoms with van der Waals surface area (Å²) < 4.78 is 15.4. The highest BCUT2D eigenvalue weighted by Crippen LogP contribution is 2.37. The van der Waals surface area contributed by atoms with Crippen molar-refractivity contribution in [3.63, 3.8) is 0 Å². The maximum absolute atomic E-state index is 13.6. The van der Waals surface area contributed by atoms with Crippen molar-refractivity contribution in [2.24, 2.45) is 0 Å². The third-order valence-corrected chi connectivity index (χ3v) is 6.49. The number of aryl methyl sites for hydroxylation is 1. The largest absolute Gasteiger partial charge is 0.481 e. The molecular weight excluding hydrogens is 447 g/mol. The highest BCUT2D eigenvalue weighted by atomic mass is 19.1. The molecule has 6 nitrogen and oxygen atoms in total. The van der Waals surface area contributed by atoms with Gasteiger partial charge in [0.05, 0.1) is 35.7 Å². The molecule has 0 saturated carbocycles. The first-order chi connectivity index (χ1) is 16.8. The van der Waals surface area contributed by atoms with Crippen LogP contribution < -0.4 is 0 Å². The van der Waals surface area contributed by atoms with E-state index in [1.165, 1.54) is 23.3 Å². The lowest BCUT2D eigenvalue weighted by Gasteiger charge is -2.21. The van der Waals surface area contributed by atoms with Crippen molar-refractivity contribution in [3.05, 3.63) is 88.5 Å². The Bertz CT molecular complexity index is 1180. The summed E-state index contributed by atoms with van der Waals surface area (Å²) in [6.07, 6.45) is 4.45. The van der Waals surface area contributed by atoms with Crippen LogP contribution in [-0.4, -0.2) is 43.3 Å². The fourth-order valence-corrected chi connectivity index (χ4v) is 4.73. The Balaban J connectivity index is 1.66. The number of hydrogen-bond donors (Lipinski definition) is 3. The van der Waals surface area contributed by atoms with Crippen LogP contribution in [0.3, 0.4) is 0 Å². The van der Waals surface area contributed by atoms with E-state index in [1.54, 1.807) is 29.0 Å². The van der Waals surface area contributed by atoms with Gasteiger partial charge in [0.15, 0.2) is 0 Å². The van der Waals surface area contributed by atoms with Crippen LogP contribution in [0.4, 0.5) is 4.39 Å². The molecule has 35 heavy (non-hydrogen) atoms. The van der Waals surface area contributed by atoms with E-state index < -0.39 is 24.6 Å². The molecule has 0 fully saturated rings. The van der Waals surface area contributed by atoms with Crippen LogP contribution in [0.1, 0.15) is 59.7 Å². The first kappa shape index (κ1) is 24.8. The molecule has 2 aromatic carbocycles. The molecular formula is C28H31FN2O4. The summed E-state index contributed by atoms with van der Waals surface area (Å²) in [5.74, 6) is -1.20. The lowest BCUT2D eigenvalue weighted by Crippen LogP contribution is -2.19. The Morgan fingerprint density at radius 3 is 2.57 bits per heavy atom. The van der Waals surface area contributed by atoms with Crippen molar-refractivity contribution < 1.29 is 24.5 Å². The zero-order chi connectivity index (χ0) is 24.9. The number of nitrogens with zero attached hydrogens (tertiary/aromatic N) is 2. The number of aromatic nitrogens is 2. The Morgan fingerprint density at radius 1 is 1.17 bits per heavy atom. The van der Waals surface area contributed by atoms with E-state index in [9.17, 15) is 19.4 Å². The summed E-state index contributed by atoms with van der Waals surface area (Å²) >= 11 is 0. The third kappa shape index (κ3) is 6.24. The Kier molecular flexibility index (Phi) is 7.78. The van der Waals surface area contributed by atoms with Crippen molar-refractivity contribution in [3.8, 4) is 5.69 Å². The number of fused-ring (bicyclic) bond motifs is 1. The lowest BCUT2D eigenvalue weighted by atomic mass is 9.83. The highest BCUT2D eigenvalue weighted by Gasteiger charge is 2.28. The Labute approximate surface area is 204 Å². The van der Waals surface area contributed by atoms with Crippen LogP contribution in [0.5, 0.6) is 0 Å². The molecule has 0 aliphatic heterocycles. The van der Waals surface area contributed by atoms with E-state index >= 15 is 0 Å². The van der Waals surface area contributed by atoms with E-state index in [0.717, 1.165) is 48.3 Å². The topological polar surface area (TPSA) is 95.6 Å². The van der Waals surface area contributed by atoms with Crippen molar-refractivity contribution in [2.45, 2.75) is 63.6 Å². The van der Waals surface area contributed by atoms with Gasteiger partial charge in [-0.3, -0.25) is 4.79 Å². The summed E-state index contributed by atoms with van der Waals surface area (Å²) in [7, 11) is 0. The quantitative estimate of drug-likeness (QED) is 0.418. The molecule has 0 amide bonds. The number of hydrogen-bond acceptors (Lipinski definition) is 4. The monoisotopic (exact) mass is 478 g/mol. The second-order valence-corrected chi connectivity index (χ2v) is 9.33. The number of carboxylic acids is 1. The van der Waals surface area contributed by atoms with Gasteiger partial charge in [-0.05, 0) is 68.5 Å². The van der Waals surface area contributed by atoms with Crippen molar-refractivity contribution in [1.29, 1.82) is 0 Å². The van der Waals surface area contributed by atoms with Gasteiger partial charge in [0.1, 0.15) is 5.82 Å². The standard InChI is InChI=1S/C28H31FN2O4/c1-18-5-7-19(8-6-18)15-20-3-2-4-25-26(14-13-23(32)16-24(33)17-27(34)35)31(30-28(20)25)22-11-9-21(29)10-12-22/h5-14,20,23-24,32-33H,2-4,15-17H2,1H3,(H,34,35)/b14-13+/t20?,23-,24-/m1/s1. The maximum atomic E-state index is 13.6. The van der Waals surface area contributed by atoms with Gasteiger partial charge in [-0.1, -0.05) is 35.9 Å². The number of carboxylic acid groups (broad SMARTS) is 1. The molecule has 0 spiro atoms. The molecule has 1 aliphatic rings. The molecule has 1 aliphatic carbocycles. The van der Waals surface area contributed by atoms with Gasteiger partial charge in [-0.15, -0.1) is 0 Å². The minimum atomic E-state index is -1.14. The summed E-state index contributed by atoms with van der Waals surface area (Å²) in [6, 6.07) is 14.7. The summed E-state index contributed by atoms with van der Waals surface area (Å²) in [5.41, 5.74) is 6.12. The Hall–Kier alpha value is -3.29. The van der Waals surface area contributed by atoms with Crippen molar-refractivity contribution in [1.82, 2.24) is 9.78 Å². The number of carbonyl (C=O) groups is 1. The predicted molar refractivity (Wildman–Crippen MR) is 132 cm³/mol. The van der Waals surface area contributed by atoms with E-state index in [2.05, 4.69) is 31.2 Å². The van der Waals surface area contributed by atoms with Gasteiger partial charge >= 0.3 is 5.97 Å². The fraction of sp³-hybridized carbons (Fsp3) is 0.357. The minimum absolute atomic E-state index is 0.0777. The number of aliphatic hydroxyl groups is 2. The van der Waals surface area contributed by atoms with E-state index in [0.29, 0.717) is 0 Å². The van der Waals surface area contributed by atoms with Crippen LogP contribution >= 0.6 is 0 Å². The summed E-state index contributed by atoms with van der Waals surface area (Å²) in [5, 5.41) is 34.0. The zero-order valence-corrected chi connectivity index (χ0v) is 19.8. The number of rotatable bonds is 9. The first-order valence-corrected chi connectivity index (χ1v) is 12.0. The fourth-order valence-electron chi connectivity index (χ4n) is 4.73. The number of benzene rings is 2. The van der Waals surface area contributed by atoms with E-state index in [4.69, 9.17) is 10.2 Å². The van der Waals surface area contributed by atoms with Crippen LogP contribution in [-0.2, 0) is 17.6 Å². The van der Waals surface area contributed by atoms with Gasteiger partial charge in [0.25, 0.3) is 0 Å².